The Bertz CT molecular complexity index is 831. The molecule has 0 aromatic heterocycles. The van der Waals surface area contributed by atoms with Crippen LogP contribution in [0.3, 0.4) is 0 Å². The lowest BCUT2D eigenvalue weighted by atomic mass is 9.74. The van der Waals surface area contributed by atoms with Gasteiger partial charge in [-0.2, -0.15) is 0 Å². The summed E-state index contributed by atoms with van der Waals surface area (Å²) >= 11 is 0. The third-order valence-corrected chi connectivity index (χ3v) is 10.0. The van der Waals surface area contributed by atoms with Gasteiger partial charge in [-0.05, 0) is 50.5 Å². The zero-order chi connectivity index (χ0) is 26.2. The molecule has 0 radical (unpaired) electrons. The predicted octanol–water partition coefficient (Wildman–Crippen LogP) is 0.382. The van der Waals surface area contributed by atoms with Crippen molar-refractivity contribution in [2.24, 2.45) is 22.8 Å². The lowest BCUT2D eigenvalue weighted by Crippen LogP contribution is -2.66. The van der Waals surface area contributed by atoms with E-state index in [0.717, 1.165) is 77.7 Å². The van der Waals surface area contributed by atoms with Crippen LogP contribution in [0.15, 0.2) is 0 Å². The minimum Gasteiger partial charge on any atom is -0.350 e. The number of carbonyl (C=O) groups is 2. The molecule has 0 aromatic carbocycles. The number of halogens is 1. The lowest BCUT2D eigenvalue weighted by Gasteiger charge is -2.46. The van der Waals surface area contributed by atoms with Crippen LogP contribution in [-0.4, -0.2) is 109 Å². The summed E-state index contributed by atoms with van der Waals surface area (Å²) in [7, 11) is 0. The summed E-state index contributed by atoms with van der Waals surface area (Å²) < 4.78 is 14.7. The zero-order valence-corrected chi connectivity index (χ0v) is 22.5. The van der Waals surface area contributed by atoms with Crippen LogP contribution < -0.4 is 22.1 Å². The molecular weight excluding hydrogens is 473 g/mol. The Kier molecular flexibility index (Phi) is 8.41. The first-order valence-corrected chi connectivity index (χ1v) is 14.7. The number of piperidine rings is 1. The molecule has 0 saturated carbocycles. The number of carbonyl (C=O) groups excluding carboxylic acids is 2. The van der Waals surface area contributed by atoms with Crippen LogP contribution in [-0.2, 0) is 9.59 Å². The highest BCUT2D eigenvalue weighted by molar-refractivity contribution is 5.81. The molecule has 37 heavy (non-hydrogen) atoms. The van der Waals surface area contributed by atoms with E-state index in [1.54, 1.807) is 0 Å². The van der Waals surface area contributed by atoms with E-state index >= 15 is 0 Å². The van der Waals surface area contributed by atoms with Crippen molar-refractivity contribution in [2.45, 2.75) is 101 Å². The van der Waals surface area contributed by atoms with Gasteiger partial charge < -0.3 is 27.0 Å². The molecule has 2 bridgehead atoms. The molecule has 5 rings (SSSR count). The highest BCUT2D eigenvalue weighted by Gasteiger charge is 2.51. The third kappa shape index (κ3) is 5.69. The number of unbranched alkanes of at least 4 members (excludes halogenated alkanes) is 1. The molecule has 10 heteroatoms. The van der Waals surface area contributed by atoms with Crippen LogP contribution >= 0.6 is 0 Å². The molecule has 0 aromatic rings. The molecule has 5 fully saturated rings. The molecule has 210 valence electrons. The van der Waals surface area contributed by atoms with E-state index < -0.39 is 18.3 Å². The number of amides is 2. The summed E-state index contributed by atoms with van der Waals surface area (Å²) in [5.74, 6) is -0.388. The Balaban J connectivity index is 1.28. The molecule has 8 atom stereocenters. The number of nitrogens with zero attached hydrogens (tertiary/aromatic N) is 3. The summed E-state index contributed by atoms with van der Waals surface area (Å²) in [5, 5.41) is 6.80. The van der Waals surface area contributed by atoms with Gasteiger partial charge in [0, 0.05) is 63.8 Å². The van der Waals surface area contributed by atoms with Crippen molar-refractivity contribution in [3.8, 4) is 0 Å². The van der Waals surface area contributed by atoms with Gasteiger partial charge >= 0.3 is 0 Å². The van der Waals surface area contributed by atoms with Crippen LogP contribution in [0.25, 0.3) is 0 Å². The Labute approximate surface area is 221 Å². The summed E-state index contributed by atoms with van der Waals surface area (Å²) in [5.41, 5.74) is 12.7. The number of rotatable bonds is 8. The number of fused-ring (bicyclic) bond motifs is 3. The van der Waals surface area contributed by atoms with Crippen molar-refractivity contribution in [3.63, 3.8) is 0 Å². The maximum Gasteiger partial charge on any atom is 0.227 e. The standard InChI is InChI=1S/C27H48FN7O2/c1-2-3-8-27-9-6-18(28)15-34(17-27)22(13-27)24(25(29)30)26(37)32-20-14-31-10-7-21(20)33-11-12-35-19(16-33)4-5-23(35)36/h18-22,24-25,31H,2-17,29-30H2,1H3,(H,32,37)/t18?,19-,20?,21?,22?,24?,27?/m1/s1. The van der Waals surface area contributed by atoms with Crippen molar-refractivity contribution in [2.75, 3.05) is 45.8 Å². The van der Waals surface area contributed by atoms with Crippen LogP contribution in [0.1, 0.15) is 64.7 Å². The molecule has 5 aliphatic rings. The maximum absolute atomic E-state index is 14.7. The smallest absolute Gasteiger partial charge is 0.227 e. The Morgan fingerprint density at radius 2 is 2.05 bits per heavy atom. The topological polar surface area (TPSA) is 120 Å². The normalized spacial score (nSPS) is 39.5. The van der Waals surface area contributed by atoms with E-state index in [-0.39, 0.29) is 35.4 Å². The third-order valence-electron chi connectivity index (χ3n) is 10.0. The average molecular weight is 522 g/mol. The van der Waals surface area contributed by atoms with E-state index in [4.69, 9.17) is 11.5 Å². The fourth-order valence-corrected chi connectivity index (χ4v) is 8.09. The number of nitrogens with one attached hydrogen (secondary N) is 2. The molecule has 6 N–H and O–H groups in total. The highest BCUT2D eigenvalue weighted by Crippen LogP contribution is 2.47. The monoisotopic (exact) mass is 521 g/mol. The van der Waals surface area contributed by atoms with Crippen molar-refractivity contribution in [1.82, 2.24) is 25.3 Å². The minimum atomic E-state index is -0.864. The number of hydrogen-bond donors (Lipinski definition) is 4. The van der Waals surface area contributed by atoms with Crippen molar-refractivity contribution in [1.29, 1.82) is 0 Å². The highest BCUT2D eigenvalue weighted by atomic mass is 19.1. The van der Waals surface area contributed by atoms with E-state index in [1.807, 2.05) is 4.90 Å². The van der Waals surface area contributed by atoms with E-state index in [0.29, 0.717) is 32.0 Å². The molecule has 0 spiro atoms. The van der Waals surface area contributed by atoms with Gasteiger partial charge in [-0.3, -0.25) is 19.4 Å². The predicted molar refractivity (Wildman–Crippen MR) is 141 cm³/mol. The van der Waals surface area contributed by atoms with Crippen molar-refractivity contribution in [3.05, 3.63) is 0 Å². The maximum atomic E-state index is 14.7. The molecule has 9 nitrogen and oxygen atoms in total. The summed E-state index contributed by atoms with van der Waals surface area (Å²) in [4.78, 5) is 32.7. The van der Waals surface area contributed by atoms with Gasteiger partial charge in [0.1, 0.15) is 6.17 Å². The van der Waals surface area contributed by atoms with Crippen LogP contribution in [0, 0.1) is 11.3 Å². The largest absolute Gasteiger partial charge is 0.350 e. The van der Waals surface area contributed by atoms with Gasteiger partial charge in [0.15, 0.2) is 0 Å². The molecule has 7 unspecified atom stereocenters. The van der Waals surface area contributed by atoms with E-state index in [1.165, 1.54) is 0 Å². The Morgan fingerprint density at radius 1 is 1.22 bits per heavy atom. The van der Waals surface area contributed by atoms with Crippen molar-refractivity contribution >= 4 is 11.8 Å². The zero-order valence-electron chi connectivity index (χ0n) is 22.5. The van der Waals surface area contributed by atoms with E-state index in [9.17, 15) is 14.0 Å². The summed E-state index contributed by atoms with van der Waals surface area (Å²) in [6, 6.07) is 0.335. The van der Waals surface area contributed by atoms with Crippen LogP contribution in [0.5, 0.6) is 0 Å². The second-order valence-electron chi connectivity index (χ2n) is 12.5. The Hall–Kier alpha value is -1.33. The van der Waals surface area contributed by atoms with Gasteiger partial charge in [-0.25, -0.2) is 4.39 Å². The second kappa shape index (κ2) is 11.4. The fourth-order valence-electron chi connectivity index (χ4n) is 8.09. The average Bonchev–Trinajstić information content (AvgIpc) is 3.36. The molecular formula is C27H48FN7O2. The number of hydrogen-bond acceptors (Lipinski definition) is 7. The molecule has 5 saturated heterocycles. The van der Waals surface area contributed by atoms with Gasteiger partial charge in [-0.15, -0.1) is 0 Å². The first kappa shape index (κ1) is 27.2. The summed E-state index contributed by atoms with van der Waals surface area (Å²) in [6.07, 6.45) is 6.52. The second-order valence-corrected chi connectivity index (χ2v) is 12.5. The number of alkyl halides is 1. The molecule has 5 heterocycles. The van der Waals surface area contributed by atoms with Gasteiger partial charge in [0.2, 0.25) is 11.8 Å². The lowest BCUT2D eigenvalue weighted by molar-refractivity contribution is -0.131. The van der Waals surface area contributed by atoms with E-state index in [2.05, 4.69) is 27.4 Å². The molecule has 2 amide bonds. The Morgan fingerprint density at radius 3 is 2.84 bits per heavy atom. The number of piperazine rings is 1. The van der Waals surface area contributed by atoms with Gasteiger partial charge in [0.05, 0.1) is 18.1 Å². The molecule has 5 aliphatic heterocycles. The van der Waals surface area contributed by atoms with Crippen molar-refractivity contribution < 1.29 is 14.0 Å². The van der Waals surface area contributed by atoms with Crippen LogP contribution in [0.4, 0.5) is 4.39 Å². The van der Waals surface area contributed by atoms with Gasteiger partial charge in [0.25, 0.3) is 0 Å². The van der Waals surface area contributed by atoms with Crippen LogP contribution in [0.2, 0.25) is 0 Å². The molecule has 0 aliphatic carbocycles. The van der Waals surface area contributed by atoms with Gasteiger partial charge in [-0.1, -0.05) is 19.8 Å². The number of nitrogens with two attached hydrogens (primary N) is 2. The minimum absolute atomic E-state index is 0.0484. The first-order chi connectivity index (χ1) is 17.8. The first-order valence-electron chi connectivity index (χ1n) is 14.7. The SMILES string of the molecule is CCCCC12CCC(F)CN(C1)C(C(C(=O)NC1CNCCC1N1CCN3C(=O)CC[C@@H]3C1)C(N)N)C2. The summed E-state index contributed by atoms with van der Waals surface area (Å²) in [6.45, 7) is 7.50. The quantitative estimate of drug-likeness (QED) is 0.341. The fraction of sp³-hybridized carbons (Fsp3) is 0.926.